The van der Waals surface area contributed by atoms with Crippen LogP contribution in [0.15, 0.2) is 49.1 Å². The van der Waals surface area contributed by atoms with E-state index in [1.807, 2.05) is 29.2 Å². The van der Waals surface area contributed by atoms with Gasteiger partial charge in [0.1, 0.15) is 11.6 Å². The number of hydrogen-bond donors (Lipinski definition) is 2. The lowest BCUT2D eigenvalue weighted by Gasteiger charge is -2.40. The first-order chi connectivity index (χ1) is 19.0. The molecule has 4 rings (SSSR count). The van der Waals surface area contributed by atoms with Crippen LogP contribution in [0.3, 0.4) is 0 Å². The van der Waals surface area contributed by atoms with Crippen LogP contribution in [-0.4, -0.2) is 71.6 Å². The van der Waals surface area contributed by atoms with Gasteiger partial charge in [0.15, 0.2) is 0 Å². The molecule has 2 amide bonds. The maximum atomic E-state index is 13.4. The maximum absolute atomic E-state index is 13.4. The van der Waals surface area contributed by atoms with Crippen molar-refractivity contribution in [1.82, 2.24) is 34.6 Å². The van der Waals surface area contributed by atoms with Crippen LogP contribution < -0.4 is 0 Å². The largest absolute Gasteiger partial charge is 0.347 e. The number of carbonyl (C=O) groups is 2. The smallest absolute Gasteiger partial charge is 0.254 e. The van der Waals surface area contributed by atoms with E-state index in [1.54, 1.807) is 36.6 Å². The Morgan fingerprint density at radius 1 is 0.821 bits per heavy atom. The summed E-state index contributed by atoms with van der Waals surface area (Å²) in [6.45, 7) is 9.75. The summed E-state index contributed by atoms with van der Waals surface area (Å²) in [4.78, 5) is 47.2. The highest BCUT2D eigenvalue weighted by molar-refractivity contribution is 5.94. The molecule has 1 saturated carbocycles. The van der Waals surface area contributed by atoms with E-state index in [2.05, 4.69) is 38.7 Å². The van der Waals surface area contributed by atoms with E-state index in [0.717, 1.165) is 44.3 Å². The van der Waals surface area contributed by atoms with Crippen LogP contribution in [-0.2, 0) is 24.4 Å². The van der Waals surface area contributed by atoms with E-state index in [0.29, 0.717) is 42.9 Å². The number of rotatable bonds is 13. The number of benzene rings is 1. The molecule has 2 heterocycles. The van der Waals surface area contributed by atoms with Crippen molar-refractivity contribution in [1.29, 1.82) is 0 Å². The highest BCUT2D eigenvalue weighted by Crippen LogP contribution is 2.28. The van der Waals surface area contributed by atoms with Crippen molar-refractivity contribution in [3.8, 4) is 0 Å². The normalized spacial score (nSPS) is 17.3. The van der Waals surface area contributed by atoms with Gasteiger partial charge in [0.2, 0.25) is 5.91 Å². The van der Waals surface area contributed by atoms with Gasteiger partial charge in [-0.2, -0.15) is 0 Å². The van der Waals surface area contributed by atoms with Gasteiger partial charge in [0.25, 0.3) is 5.91 Å². The fraction of sp³-hybridized carbons (Fsp3) is 0.533. The number of nitrogens with zero attached hydrogens (tertiary/aromatic N) is 5. The van der Waals surface area contributed by atoms with Crippen molar-refractivity contribution >= 4 is 11.8 Å². The van der Waals surface area contributed by atoms with Crippen molar-refractivity contribution in [2.45, 2.75) is 91.0 Å². The van der Waals surface area contributed by atoms with Crippen molar-refractivity contribution in [3.63, 3.8) is 0 Å². The molecule has 0 spiro atoms. The number of carbonyl (C=O) groups excluding carboxylic acids is 2. The number of imidazole rings is 2. The van der Waals surface area contributed by atoms with Crippen LogP contribution >= 0.6 is 0 Å². The molecule has 0 unspecified atom stereocenters. The summed E-state index contributed by atoms with van der Waals surface area (Å²) in [6.07, 6.45) is 13.6. The first-order valence-electron chi connectivity index (χ1n) is 14.3. The highest BCUT2D eigenvalue weighted by Gasteiger charge is 2.30. The number of aromatic nitrogens is 4. The monoisotopic (exact) mass is 533 g/mol. The van der Waals surface area contributed by atoms with E-state index in [1.165, 1.54) is 12.8 Å². The average Bonchev–Trinajstić information content (AvgIpc) is 3.66. The minimum absolute atomic E-state index is 0.0974. The number of hydrogen-bond acceptors (Lipinski definition) is 5. The van der Waals surface area contributed by atoms with Gasteiger partial charge in [0.05, 0.1) is 13.1 Å². The third-order valence-corrected chi connectivity index (χ3v) is 7.68. The van der Waals surface area contributed by atoms with Gasteiger partial charge in [0, 0.05) is 55.9 Å². The molecule has 1 aromatic carbocycles. The molecule has 3 aromatic rings. The lowest BCUT2D eigenvalue weighted by Crippen LogP contribution is -2.45. The number of aromatic amines is 2. The zero-order valence-electron chi connectivity index (χ0n) is 23.6. The molecule has 0 atom stereocenters. The van der Waals surface area contributed by atoms with Crippen LogP contribution in [0.5, 0.6) is 0 Å². The summed E-state index contributed by atoms with van der Waals surface area (Å²) in [7, 11) is 0. The Kier molecular flexibility index (Phi) is 10.3. The van der Waals surface area contributed by atoms with Crippen LogP contribution in [0.1, 0.15) is 86.9 Å². The fourth-order valence-corrected chi connectivity index (χ4v) is 5.75. The van der Waals surface area contributed by atoms with Crippen LogP contribution in [0.25, 0.3) is 0 Å². The van der Waals surface area contributed by atoms with Crippen LogP contribution in [0.4, 0.5) is 0 Å². The van der Waals surface area contributed by atoms with Crippen LogP contribution in [0, 0.1) is 0 Å². The lowest BCUT2D eigenvalue weighted by atomic mass is 9.88. The molecule has 0 saturated heterocycles. The van der Waals surface area contributed by atoms with Gasteiger partial charge in [-0.15, -0.1) is 0 Å². The Morgan fingerprint density at radius 2 is 1.36 bits per heavy atom. The molecule has 0 radical (unpaired) electrons. The minimum Gasteiger partial charge on any atom is -0.347 e. The van der Waals surface area contributed by atoms with Crippen molar-refractivity contribution in [3.05, 3.63) is 71.8 Å². The number of amides is 2. The standard InChI is InChI=1S/C30H43N7O2/c1-4-18-35(19-5-2)26-10-12-27(13-11-26)37(23(3)38)20-24-6-8-25(9-7-24)30(39)36(21-28-31-14-15-32-28)22-29-33-16-17-34-29/h6-9,14-17,26-27H,4-5,10-13,18-22H2,1-3H3,(H,31,32)(H,33,34)/t26-,27-. The second kappa shape index (κ2) is 14.1. The zero-order valence-corrected chi connectivity index (χ0v) is 23.6. The number of H-pyrrole nitrogens is 2. The third kappa shape index (κ3) is 7.79. The second-order valence-corrected chi connectivity index (χ2v) is 10.6. The van der Waals surface area contributed by atoms with Crippen molar-refractivity contribution in [2.24, 2.45) is 0 Å². The Labute approximate surface area is 232 Å². The van der Waals surface area contributed by atoms with E-state index in [-0.39, 0.29) is 17.9 Å². The molecule has 1 aliphatic rings. The van der Waals surface area contributed by atoms with Gasteiger partial charge in [-0.05, 0) is 69.3 Å². The first-order valence-corrected chi connectivity index (χ1v) is 14.3. The molecule has 1 aliphatic carbocycles. The molecule has 0 aliphatic heterocycles. The van der Waals surface area contributed by atoms with Gasteiger partial charge in [-0.1, -0.05) is 26.0 Å². The molecule has 9 nitrogen and oxygen atoms in total. The van der Waals surface area contributed by atoms with Gasteiger partial charge < -0.3 is 24.7 Å². The van der Waals surface area contributed by atoms with Crippen molar-refractivity contribution < 1.29 is 9.59 Å². The summed E-state index contributed by atoms with van der Waals surface area (Å²) in [6, 6.07) is 8.55. The van der Waals surface area contributed by atoms with E-state index in [4.69, 9.17) is 0 Å². The van der Waals surface area contributed by atoms with E-state index < -0.39 is 0 Å². The lowest BCUT2D eigenvalue weighted by molar-refractivity contribution is -0.132. The molecule has 1 fully saturated rings. The fourth-order valence-electron chi connectivity index (χ4n) is 5.75. The Hall–Kier alpha value is -3.46. The summed E-state index contributed by atoms with van der Waals surface area (Å²) in [5, 5.41) is 0. The van der Waals surface area contributed by atoms with Crippen LogP contribution in [0.2, 0.25) is 0 Å². The summed E-state index contributed by atoms with van der Waals surface area (Å²) in [5.41, 5.74) is 1.63. The maximum Gasteiger partial charge on any atom is 0.254 e. The zero-order chi connectivity index (χ0) is 27.6. The Morgan fingerprint density at radius 3 is 1.82 bits per heavy atom. The van der Waals surface area contributed by atoms with E-state index in [9.17, 15) is 9.59 Å². The SMILES string of the molecule is CCCN(CCC)[C@H]1CC[C@H](N(Cc2ccc(C(=O)N(Cc3ncc[nH]3)Cc3ncc[nH]3)cc2)C(C)=O)CC1. The van der Waals surface area contributed by atoms with Gasteiger partial charge in [-0.25, -0.2) is 9.97 Å². The average molecular weight is 534 g/mol. The molecule has 39 heavy (non-hydrogen) atoms. The van der Waals surface area contributed by atoms with Crippen molar-refractivity contribution in [2.75, 3.05) is 13.1 Å². The summed E-state index contributed by atoms with van der Waals surface area (Å²) in [5.74, 6) is 1.44. The minimum atomic E-state index is -0.0974. The first kappa shape index (κ1) is 28.5. The molecule has 210 valence electrons. The topological polar surface area (TPSA) is 101 Å². The highest BCUT2D eigenvalue weighted by atomic mass is 16.2. The quantitative estimate of drug-likeness (QED) is 0.330. The Bertz CT molecular complexity index is 1090. The van der Waals surface area contributed by atoms with Gasteiger partial charge in [-0.3, -0.25) is 9.59 Å². The molecule has 2 aromatic heterocycles. The predicted molar refractivity (Wildman–Crippen MR) is 152 cm³/mol. The second-order valence-electron chi connectivity index (χ2n) is 10.6. The predicted octanol–water partition coefficient (Wildman–Crippen LogP) is 4.76. The number of nitrogens with one attached hydrogen (secondary N) is 2. The molecule has 9 heteroatoms. The molecule has 0 bridgehead atoms. The van der Waals surface area contributed by atoms with E-state index >= 15 is 0 Å². The molecular weight excluding hydrogens is 490 g/mol. The van der Waals surface area contributed by atoms with Gasteiger partial charge >= 0.3 is 0 Å². The molecule has 2 N–H and O–H groups in total. The Balaban J connectivity index is 1.39. The summed E-state index contributed by atoms with van der Waals surface area (Å²) >= 11 is 0. The third-order valence-electron chi connectivity index (χ3n) is 7.68. The molecular formula is C30H43N7O2. The summed E-state index contributed by atoms with van der Waals surface area (Å²) < 4.78 is 0.